The number of hydrogen-bond donors (Lipinski definition) is 0. The molecule has 1 amide bonds. The highest BCUT2D eigenvalue weighted by Crippen LogP contribution is 2.11. The summed E-state index contributed by atoms with van der Waals surface area (Å²) in [6.07, 6.45) is 5.89. The summed E-state index contributed by atoms with van der Waals surface area (Å²) < 4.78 is 25.0. The molecule has 1 atom stereocenters. The Morgan fingerprint density at radius 3 is 2.65 bits per heavy atom. The first-order valence-corrected chi connectivity index (χ1v) is 9.98. The molecule has 1 aromatic heterocycles. The van der Waals surface area contributed by atoms with E-state index in [1.54, 1.807) is 4.90 Å². The zero-order chi connectivity index (χ0) is 17.0. The highest BCUT2D eigenvalue weighted by atomic mass is 32.2. The standard InChI is InChI=1S/C15H26N4O3S/c1-4-19-12-14(10-16-19)11-17-6-5-7-18(9-8-17)15(20)13(2)23(3,21)22/h10,12-13H,4-9,11H2,1-3H3/t13-/m1/s1. The highest BCUT2D eigenvalue weighted by molar-refractivity contribution is 7.92. The van der Waals surface area contributed by atoms with Gasteiger partial charge in [-0.05, 0) is 20.3 Å². The van der Waals surface area contributed by atoms with E-state index in [2.05, 4.69) is 16.9 Å². The fraction of sp³-hybridized carbons (Fsp3) is 0.733. The van der Waals surface area contributed by atoms with Gasteiger partial charge in [-0.25, -0.2) is 8.42 Å². The summed E-state index contributed by atoms with van der Waals surface area (Å²) >= 11 is 0. The number of carbonyl (C=O) groups is 1. The molecule has 23 heavy (non-hydrogen) atoms. The topological polar surface area (TPSA) is 75.5 Å². The van der Waals surface area contributed by atoms with E-state index in [0.717, 1.165) is 44.4 Å². The molecule has 1 aliphatic rings. The first-order chi connectivity index (χ1) is 10.8. The Kier molecular flexibility index (Phi) is 5.80. The molecular weight excluding hydrogens is 316 g/mol. The van der Waals surface area contributed by atoms with Crippen LogP contribution in [0.4, 0.5) is 0 Å². The van der Waals surface area contributed by atoms with E-state index in [4.69, 9.17) is 0 Å². The molecule has 1 aromatic rings. The maximum atomic E-state index is 12.3. The average Bonchev–Trinajstić information content (AvgIpc) is 2.82. The quantitative estimate of drug-likeness (QED) is 0.773. The molecule has 1 fully saturated rings. The summed E-state index contributed by atoms with van der Waals surface area (Å²) in [4.78, 5) is 16.3. The van der Waals surface area contributed by atoms with E-state index >= 15 is 0 Å². The Hall–Kier alpha value is -1.41. The van der Waals surface area contributed by atoms with Crippen molar-refractivity contribution in [3.8, 4) is 0 Å². The predicted molar refractivity (Wildman–Crippen MR) is 88.7 cm³/mol. The summed E-state index contributed by atoms with van der Waals surface area (Å²) in [5.41, 5.74) is 1.16. The summed E-state index contributed by atoms with van der Waals surface area (Å²) in [7, 11) is -3.34. The van der Waals surface area contributed by atoms with Crippen molar-refractivity contribution in [2.24, 2.45) is 0 Å². The monoisotopic (exact) mass is 342 g/mol. The van der Waals surface area contributed by atoms with Crippen molar-refractivity contribution >= 4 is 15.7 Å². The maximum Gasteiger partial charge on any atom is 0.240 e. The molecule has 0 aliphatic carbocycles. The average molecular weight is 342 g/mol. The first-order valence-electron chi connectivity index (χ1n) is 8.02. The SMILES string of the molecule is CCn1cc(CN2CCCN(C(=O)[C@@H](C)S(C)(=O)=O)CC2)cn1. The van der Waals surface area contributed by atoms with Gasteiger partial charge >= 0.3 is 0 Å². The maximum absolute atomic E-state index is 12.3. The van der Waals surface area contributed by atoms with Gasteiger partial charge in [-0.15, -0.1) is 0 Å². The van der Waals surface area contributed by atoms with Crippen LogP contribution in [-0.4, -0.2) is 71.6 Å². The van der Waals surface area contributed by atoms with Gasteiger partial charge in [-0.2, -0.15) is 5.10 Å². The Morgan fingerprint density at radius 1 is 1.30 bits per heavy atom. The molecule has 0 bridgehead atoms. The summed E-state index contributed by atoms with van der Waals surface area (Å²) in [5.74, 6) is -0.284. The van der Waals surface area contributed by atoms with Crippen LogP contribution in [0.2, 0.25) is 0 Å². The van der Waals surface area contributed by atoms with Crippen LogP contribution in [0, 0.1) is 0 Å². The van der Waals surface area contributed by atoms with Crippen molar-refractivity contribution in [3.05, 3.63) is 18.0 Å². The summed E-state index contributed by atoms with van der Waals surface area (Å²) in [5, 5.41) is 3.31. The lowest BCUT2D eigenvalue weighted by Gasteiger charge is -2.24. The fourth-order valence-electron chi connectivity index (χ4n) is 2.71. The minimum atomic E-state index is -3.34. The van der Waals surface area contributed by atoms with Gasteiger partial charge < -0.3 is 4.90 Å². The molecule has 1 saturated heterocycles. The smallest absolute Gasteiger partial charge is 0.240 e. The van der Waals surface area contributed by atoms with Crippen LogP contribution in [-0.2, 0) is 27.7 Å². The van der Waals surface area contributed by atoms with E-state index in [9.17, 15) is 13.2 Å². The molecule has 2 rings (SSSR count). The zero-order valence-electron chi connectivity index (χ0n) is 14.1. The second kappa shape index (κ2) is 7.44. The third-order valence-corrected chi connectivity index (χ3v) is 5.79. The van der Waals surface area contributed by atoms with Crippen LogP contribution in [0.1, 0.15) is 25.8 Å². The first kappa shape index (κ1) is 17.9. The number of aromatic nitrogens is 2. The van der Waals surface area contributed by atoms with Gasteiger partial charge in [0.15, 0.2) is 9.84 Å². The molecule has 0 saturated carbocycles. The number of hydrogen-bond acceptors (Lipinski definition) is 5. The molecular formula is C15H26N4O3S. The molecule has 0 N–H and O–H groups in total. The van der Waals surface area contributed by atoms with Crippen LogP contribution in [0.3, 0.4) is 0 Å². The second-order valence-electron chi connectivity index (χ2n) is 6.13. The van der Waals surface area contributed by atoms with E-state index in [1.807, 2.05) is 17.1 Å². The molecule has 7 nitrogen and oxygen atoms in total. The summed E-state index contributed by atoms with van der Waals surface area (Å²) in [6, 6.07) is 0. The van der Waals surface area contributed by atoms with Gasteiger partial charge in [0.2, 0.25) is 5.91 Å². The third-order valence-electron chi connectivity index (χ3n) is 4.31. The lowest BCUT2D eigenvalue weighted by molar-refractivity contribution is -0.130. The van der Waals surface area contributed by atoms with Crippen LogP contribution in [0.5, 0.6) is 0 Å². The highest BCUT2D eigenvalue weighted by Gasteiger charge is 2.29. The molecule has 0 unspecified atom stereocenters. The largest absolute Gasteiger partial charge is 0.340 e. The molecule has 0 radical (unpaired) electrons. The second-order valence-corrected chi connectivity index (χ2v) is 8.50. The Bertz CT molecular complexity index is 641. The molecule has 1 aliphatic heterocycles. The van der Waals surface area contributed by atoms with Crippen LogP contribution >= 0.6 is 0 Å². The van der Waals surface area contributed by atoms with Crippen molar-refractivity contribution in [2.75, 3.05) is 32.4 Å². The fourth-order valence-corrected chi connectivity index (χ4v) is 3.22. The Morgan fingerprint density at radius 2 is 2.04 bits per heavy atom. The van der Waals surface area contributed by atoms with Crippen molar-refractivity contribution in [1.82, 2.24) is 19.6 Å². The van der Waals surface area contributed by atoms with E-state index in [0.29, 0.717) is 13.1 Å². The number of nitrogens with zero attached hydrogens (tertiary/aromatic N) is 4. The number of rotatable bonds is 5. The normalized spacial score (nSPS) is 18.7. The molecule has 0 aromatic carbocycles. The van der Waals surface area contributed by atoms with Gasteiger partial charge in [0, 0.05) is 57.3 Å². The van der Waals surface area contributed by atoms with Gasteiger partial charge in [0.25, 0.3) is 0 Å². The molecule has 0 spiro atoms. The number of carbonyl (C=O) groups excluding carboxylic acids is 1. The zero-order valence-corrected chi connectivity index (χ0v) is 14.9. The Labute approximate surface area is 138 Å². The van der Waals surface area contributed by atoms with Crippen LogP contribution < -0.4 is 0 Å². The van der Waals surface area contributed by atoms with Gasteiger partial charge in [-0.1, -0.05) is 0 Å². The van der Waals surface area contributed by atoms with Gasteiger partial charge in [-0.3, -0.25) is 14.4 Å². The predicted octanol–water partition coefficient (Wildman–Crippen LogP) is 0.370. The lowest BCUT2D eigenvalue weighted by atomic mass is 10.3. The van der Waals surface area contributed by atoms with Crippen molar-refractivity contribution < 1.29 is 13.2 Å². The molecule has 130 valence electrons. The minimum absolute atomic E-state index is 0.284. The third kappa shape index (κ3) is 4.78. The van der Waals surface area contributed by atoms with Gasteiger partial charge in [0.05, 0.1) is 6.20 Å². The van der Waals surface area contributed by atoms with Crippen molar-refractivity contribution in [1.29, 1.82) is 0 Å². The minimum Gasteiger partial charge on any atom is -0.340 e. The van der Waals surface area contributed by atoms with Crippen LogP contribution in [0.25, 0.3) is 0 Å². The molecule has 2 heterocycles. The van der Waals surface area contributed by atoms with E-state index in [-0.39, 0.29) is 5.91 Å². The number of aryl methyl sites for hydroxylation is 1. The van der Waals surface area contributed by atoms with Crippen LogP contribution in [0.15, 0.2) is 12.4 Å². The van der Waals surface area contributed by atoms with E-state index in [1.165, 1.54) is 6.92 Å². The van der Waals surface area contributed by atoms with Crippen molar-refractivity contribution in [3.63, 3.8) is 0 Å². The Balaban J connectivity index is 1.92. The molecule has 8 heteroatoms. The van der Waals surface area contributed by atoms with Gasteiger partial charge in [0.1, 0.15) is 5.25 Å². The number of sulfone groups is 1. The number of amides is 1. The van der Waals surface area contributed by atoms with E-state index < -0.39 is 15.1 Å². The lowest BCUT2D eigenvalue weighted by Crippen LogP contribution is -2.43. The van der Waals surface area contributed by atoms with Crippen molar-refractivity contribution in [2.45, 2.75) is 38.6 Å². The summed E-state index contributed by atoms with van der Waals surface area (Å²) in [6.45, 7) is 8.02.